The normalized spacial score (nSPS) is 12.3. The van der Waals surface area contributed by atoms with E-state index in [1.54, 1.807) is 0 Å². The van der Waals surface area contributed by atoms with Gasteiger partial charge in [0.05, 0.1) is 6.61 Å². The number of allylic oxidation sites excluding steroid dienone is 2. The number of rotatable bonds is 3. The maximum absolute atomic E-state index is 8.72. The lowest BCUT2D eigenvalue weighted by Crippen LogP contribution is -1.76. The predicted octanol–water partition coefficient (Wildman–Crippen LogP) is 3.01. The summed E-state index contributed by atoms with van der Waals surface area (Å²) in [6, 6.07) is 10.1. The first-order chi connectivity index (χ1) is 6.33. The first-order valence-corrected chi connectivity index (χ1v) is 5.09. The van der Waals surface area contributed by atoms with E-state index in [1.807, 2.05) is 48.6 Å². The minimum atomic E-state index is 0.111. The highest BCUT2D eigenvalue weighted by Gasteiger charge is 1.83. The minimum Gasteiger partial charge on any atom is -0.391 e. The lowest BCUT2D eigenvalue weighted by atomic mass is 10.2. The van der Waals surface area contributed by atoms with E-state index in [0.29, 0.717) is 0 Å². The fourth-order valence-corrected chi connectivity index (χ4v) is 1.09. The Balaban J connectivity index is 2.60. The zero-order chi connectivity index (χ0) is 9.52. The second kappa shape index (κ2) is 5.94. The predicted molar refractivity (Wildman–Crippen MR) is 64.7 cm³/mol. The molecule has 0 saturated heterocycles. The summed E-state index contributed by atoms with van der Waals surface area (Å²) in [6.07, 6.45) is 5.84. The Morgan fingerprint density at radius 3 is 2.62 bits per heavy atom. The molecule has 1 N–H and O–H groups in total. The molecule has 0 aliphatic rings. The minimum absolute atomic E-state index is 0.111. The number of aliphatic hydroxyl groups excluding tert-OH is 1. The highest BCUT2D eigenvalue weighted by Crippen LogP contribution is 2.06. The Kier molecular flexibility index (Phi) is 4.78. The van der Waals surface area contributed by atoms with Crippen LogP contribution in [-0.2, 0) is 0 Å². The summed E-state index contributed by atoms with van der Waals surface area (Å²) in [4.78, 5) is 0. The van der Waals surface area contributed by atoms with Crippen LogP contribution in [-0.4, -0.2) is 11.7 Å². The first kappa shape index (κ1) is 10.5. The molecule has 1 aromatic carbocycles. The number of aliphatic hydroxyl groups is 1. The molecule has 0 unspecified atom stereocenters. The molecule has 0 aliphatic heterocycles. The summed E-state index contributed by atoms with van der Waals surface area (Å²) in [6.45, 7) is 0.111. The van der Waals surface area contributed by atoms with Crippen molar-refractivity contribution in [2.45, 2.75) is 0 Å². The van der Waals surface area contributed by atoms with E-state index in [-0.39, 0.29) is 6.61 Å². The highest BCUT2D eigenvalue weighted by atomic mass is 127. The Morgan fingerprint density at radius 1 is 1.31 bits per heavy atom. The van der Waals surface area contributed by atoms with E-state index in [9.17, 15) is 0 Å². The summed E-state index contributed by atoms with van der Waals surface area (Å²) >= 11 is 2.11. The topological polar surface area (TPSA) is 20.2 Å². The van der Waals surface area contributed by atoms with E-state index < -0.39 is 0 Å². The third-order valence-corrected chi connectivity index (χ3v) is 2.22. The summed E-state index contributed by atoms with van der Waals surface area (Å²) in [5, 5.41) is 8.72. The average Bonchev–Trinajstić information content (AvgIpc) is 2.19. The van der Waals surface area contributed by atoms with E-state index in [4.69, 9.17) is 5.11 Å². The van der Waals surface area contributed by atoms with Gasteiger partial charge in [-0.1, -0.05) is 48.6 Å². The smallest absolute Gasteiger partial charge is 0.0738 e. The molecule has 0 aromatic heterocycles. The quantitative estimate of drug-likeness (QED) is 0.669. The second-order valence-electron chi connectivity index (χ2n) is 2.54. The van der Waals surface area contributed by atoms with Crippen molar-refractivity contribution in [2.24, 2.45) is 0 Å². The molecule has 13 heavy (non-hydrogen) atoms. The van der Waals surface area contributed by atoms with Gasteiger partial charge >= 0.3 is 0 Å². The van der Waals surface area contributed by atoms with Crippen LogP contribution in [0.15, 0.2) is 46.1 Å². The van der Waals surface area contributed by atoms with Gasteiger partial charge in [-0.15, -0.1) is 0 Å². The van der Waals surface area contributed by atoms with Crippen LogP contribution < -0.4 is 0 Å². The summed E-state index contributed by atoms with van der Waals surface area (Å²) in [5.74, 6) is 0. The third-order valence-electron chi connectivity index (χ3n) is 1.52. The molecule has 1 aromatic rings. The van der Waals surface area contributed by atoms with Gasteiger partial charge in [0.2, 0.25) is 0 Å². The van der Waals surface area contributed by atoms with Crippen LogP contribution in [0.2, 0.25) is 0 Å². The number of halogens is 1. The fraction of sp³-hybridized carbons (Fsp3) is 0.0909. The second-order valence-corrected chi connectivity index (χ2v) is 3.93. The van der Waals surface area contributed by atoms with E-state index >= 15 is 0 Å². The zero-order valence-corrected chi connectivity index (χ0v) is 9.31. The first-order valence-electron chi connectivity index (χ1n) is 4.01. The molecule has 0 heterocycles. The van der Waals surface area contributed by atoms with Crippen molar-refractivity contribution in [1.82, 2.24) is 0 Å². The molecule has 0 atom stereocenters. The zero-order valence-electron chi connectivity index (χ0n) is 7.15. The van der Waals surface area contributed by atoms with Gasteiger partial charge in [-0.25, -0.2) is 0 Å². The Labute approximate surface area is 91.9 Å². The average molecular weight is 286 g/mol. The molecule has 0 aliphatic carbocycles. The van der Waals surface area contributed by atoms with Gasteiger partial charge in [0.25, 0.3) is 0 Å². The SMILES string of the molecule is OC/C(I)=C/C=C/c1ccccc1. The number of hydrogen-bond donors (Lipinski definition) is 1. The van der Waals surface area contributed by atoms with Crippen molar-refractivity contribution in [1.29, 1.82) is 0 Å². The summed E-state index contributed by atoms with van der Waals surface area (Å²) in [5.41, 5.74) is 1.17. The van der Waals surface area contributed by atoms with Crippen molar-refractivity contribution in [3.63, 3.8) is 0 Å². The van der Waals surface area contributed by atoms with Crippen LogP contribution in [0, 0.1) is 0 Å². The number of hydrogen-bond acceptors (Lipinski definition) is 1. The van der Waals surface area contributed by atoms with Gasteiger partial charge in [-0.3, -0.25) is 0 Å². The lowest BCUT2D eigenvalue weighted by molar-refractivity contribution is 0.341. The molecule has 0 bridgehead atoms. The van der Waals surface area contributed by atoms with Crippen molar-refractivity contribution in [2.75, 3.05) is 6.61 Å². The standard InChI is InChI=1S/C11H11IO/c12-11(9-13)8-4-7-10-5-2-1-3-6-10/h1-8,13H,9H2/b7-4+,11-8-. The molecule has 2 heteroatoms. The van der Waals surface area contributed by atoms with E-state index in [2.05, 4.69) is 22.6 Å². The highest BCUT2D eigenvalue weighted by molar-refractivity contribution is 14.1. The summed E-state index contributed by atoms with van der Waals surface area (Å²) < 4.78 is 0.935. The molecule has 68 valence electrons. The maximum atomic E-state index is 8.72. The fourth-order valence-electron chi connectivity index (χ4n) is 0.880. The van der Waals surface area contributed by atoms with Crippen LogP contribution >= 0.6 is 22.6 Å². The molecular weight excluding hydrogens is 275 g/mol. The molecule has 0 amide bonds. The Morgan fingerprint density at radius 2 is 2.00 bits per heavy atom. The molecular formula is C11H11IO. The van der Waals surface area contributed by atoms with Gasteiger partial charge in [-0.05, 0) is 28.2 Å². The number of benzene rings is 1. The van der Waals surface area contributed by atoms with Crippen molar-refractivity contribution < 1.29 is 5.11 Å². The van der Waals surface area contributed by atoms with Gasteiger partial charge < -0.3 is 5.11 Å². The molecule has 0 fully saturated rings. The summed E-state index contributed by atoms with van der Waals surface area (Å²) in [7, 11) is 0. The van der Waals surface area contributed by atoms with Crippen LogP contribution in [0.4, 0.5) is 0 Å². The third kappa shape index (κ3) is 4.24. The Bertz CT molecular complexity index is 301. The lowest BCUT2D eigenvalue weighted by Gasteiger charge is -1.90. The van der Waals surface area contributed by atoms with Crippen LogP contribution in [0.3, 0.4) is 0 Å². The van der Waals surface area contributed by atoms with Gasteiger partial charge in [0.15, 0.2) is 0 Å². The maximum Gasteiger partial charge on any atom is 0.0738 e. The van der Waals surface area contributed by atoms with Crippen molar-refractivity contribution in [3.8, 4) is 0 Å². The van der Waals surface area contributed by atoms with Crippen LogP contribution in [0.25, 0.3) is 6.08 Å². The van der Waals surface area contributed by atoms with Crippen molar-refractivity contribution in [3.05, 3.63) is 51.6 Å². The van der Waals surface area contributed by atoms with E-state index in [1.165, 1.54) is 5.56 Å². The molecule has 1 rings (SSSR count). The molecule has 1 nitrogen and oxygen atoms in total. The molecule has 0 saturated carbocycles. The van der Waals surface area contributed by atoms with Crippen molar-refractivity contribution >= 4 is 28.7 Å². The largest absolute Gasteiger partial charge is 0.391 e. The van der Waals surface area contributed by atoms with Gasteiger partial charge in [0.1, 0.15) is 0 Å². The van der Waals surface area contributed by atoms with Gasteiger partial charge in [-0.2, -0.15) is 0 Å². The van der Waals surface area contributed by atoms with E-state index in [0.717, 1.165) is 3.58 Å². The Hall–Kier alpha value is -0.610. The van der Waals surface area contributed by atoms with Crippen LogP contribution in [0.5, 0.6) is 0 Å². The monoisotopic (exact) mass is 286 g/mol. The molecule has 0 radical (unpaired) electrons. The van der Waals surface area contributed by atoms with Gasteiger partial charge in [0, 0.05) is 3.58 Å². The van der Waals surface area contributed by atoms with Crippen LogP contribution in [0.1, 0.15) is 5.56 Å². The molecule has 0 spiro atoms.